The smallest absolute Gasteiger partial charge is 0.230 e. The Balaban J connectivity index is 1.46. The molecule has 7 heteroatoms. The number of aromatic amines is 1. The summed E-state index contributed by atoms with van der Waals surface area (Å²) in [4.78, 5) is 24.2. The van der Waals surface area contributed by atoms with E-state index in [-0.39, 0.29) is 11.7 Å². The molecule has 0 atom stereocenters. The van der Waals surface area contributed by atoms with E-state index in [9.17, 15) is 4.79 Å². The number of aromatic nitrogens is 3. The number of hydrogen-bond acceptors (Lipinski definition) is 4. The van der Waals surface area contributed by atoms with Crippen molar-refractivity contribution in [2.75, 3.05) is 5.75 Å². The van der Waals surface area contributed by atoms with Crippen molar-refractivity contribution in [3.8, 4) is 0 Å². The van der Waals surface area contributed by atoms with Gasteiger partial charge in [-0.1, -0.05) is 59.8 Å². The van der Waals surface area contributed by atoms with Gasteiger partial charge in [-0.15, -0.1) is 0 Å². The Morgan fingerprint density at radius 1 is 1.12 bits per heavy atom. The summed E-state index contributed by atoms with van der Waals surface area (Å²) in [6.07, 6.45) is 1.53. The second kappa shape index (κ2) is 7.35. The van der Waals surface area contributed by atoms with Crippen molar-refractivity contribution >= 4 is 51.2 Å². The highest BCUT2D eigenvalue weighted by Gasteiger charge is 2.12. The maximum Gasteiger partial charge on any atom is 0.230 e. The third kappa shape index (κ3) is 3.38. The average Bonchev–Trinajstić information content (AvgIpc) is 3.05. The van der Waals surface area contributed by atoms with Crippen LogP contribution in [0.2, 0.25) is 5.02 Å². The lowest BCUT2D eigenvalue weighted by Crippen LogP contribution is -2.24. The maximum absolute atomic E-state index is 12.2. The number of amides is 1. The standard InChI is InChI=1S/C19H15ClN4OS/c20-14-7-3-1-5-12(14)9-21-16(25)10-26-19-18-17(22-11-23-19)13-6-2-4-8-15(13)24-18/h1-8,11,24H,9-10H2,(H,21,25). The van der Waals surface area contributed by atoms with E-state index in [1.54, 1.807) is 0 Å². The quantitative estimate of drug-likeness (QED) is 0.401. The number of para-hydroxylation sites is 1. The topological polar surface area (TPSA) is 70.7 Å². The van der Waals surface area contributed by atoms with Gasteiger partial charge in [0.15, 0.2) is 0 Å². The first-order valence-electron chi connectivity index (χ1n) is 8.06. The zero-order chi connectivity index (χ0) is 17.9. The van der Waals surface area contributed by atoms with E-state index in [0.717, 1.165) is 32.5 Å². The molecule has 0 saturated heterocycles. The molecule has 5 nitrogen and oxygen atoms in total. The lowest BCUT2D eigenvalue weighted by atomic mass is 10.2. The molecule has 4 rings (SSSR count). The van der Waals surface area contributed by atoms with Crippen LogP contribution in [0.3, 0.4) is 0 Å². The van der Waals surface area contributed by atoms with Gasteiger partial charge in [0, 0.05) is 22.5 Å². The highest BCUT2D eigenvalue weighted by atomic mass is 35.5. The van der Waals surface area contributed by atoms with E-state index in [0.29, 0.717) is 11.6 Å². The lowest BCUT2D eigenvalue weighted by molar-refractivity contribution is -0.118. The molecule has 0 fully saturated rings. The van der Waals surface area contributed by atoms with Gasteiger partial charge in [-0.05, 0) is 17.7 Å². The summed E-state index contributed by atoms with van der Waals surface area (Å²) in [6, 6.07) is 15.4. The van der Waals surface area contributed by atoms with E-state index in [4.69, 9.17) is 11.6 Å². The zero-order valence-electron chi connectivity index (χ0n) is 13.7. The second-order valence-corrected chi connectivity index (χ2v) is 7.10. The summed E-state index contributed by atoms with van der Waals surface area (Å²) in [5, 5.41) is 5.35. The minimum Gasteiger partial charge on any atom is -0.351 e. The first kappa shape index (κ1) is 16.9. The largest absolute Gasteiger partial charge is 0.351 e. The molecule has 2 aromatic heterocycles. The molecule has 0 aliphatic carbocycles. The van der Waals surface area contributed by atoms with Crippen LogP contribution in [0.15, 0.2) is 59.9 Å². The van der Waals surface area contributed by atoms with Gasteiger partial charge < -0.3 is 10.3 Å². The van der Waals surface area contributed by atoms with Crippen molar-refractivity contribution in [1.82, 2.24) is 20.3 Å². The molecule has 26 heavy (non-hydrogen) atoms. The predicted octanol–water partition coefficient (Wildman–Crippen LogP) is 4.17. The van der Waals surface area contributed by atoms with Crippen LogP contribution < -0.4 is 5.32 Å². The third-order valence-corrected chi connectivity index (χ3v) is 5.39. The van der Waals surface area contributed by atoms with Crippen LogP contribution in [-0.4, -0.2) is 26.6 Å². The molecule has 2 N–H and O–H groups in total. The Bertz CT molecular complexity index is 1100. The normalized spacial score (nSPS) is 11.1. The van der Waals surface area contributed by atoms with E-state index >= 15 is 0 Å². The van der Waals surface area contributed by atoms with Crippen LogP contribution in [0.25, 0.3) is 21.9 Å². The van der Waals surface area contributed by atoms with Crippen LogP contribution in [0.5, 0.6) is 0 Å². The number of carbonyl (C=O) groups excluding carboxylic acids is 1. The zero-order valence-corrected chi connectivity index (χ0v) is 15.3. The number of nitrogens with one attached hydrogen (secondary N) is 2. The number of carbonyl (C=O) groups is 1. The fourth-order valence-electron chi connectivity index (χ4n) is 2.75. The van der Waals surface area contributed by atoms with Gasteiger partial charge in [0.1, 0.15) is 16.9 Å². The minimum absolute atomic E-state index is 0.0715. The summed E-state index contributed by atoms with van der Waals surface area (Å²) in [7, 11) is 0. The highest BCUT2D eigenvalue weighted by Crippen LogP contribution is 2.29. The van der Waals surface area contributed by atoms with Crippen molar-refractivity contribution in [1.29, 1.82) is 0 Å². The summed E-state index contributed by atoms with van der Waals surface area (Å²) in [5.41, 5.74) is 3.63. The molecule has 2 heterocycles. The van der Waals surface area contributed by atoms with Crippen molar-refractivity contribution < 1.29 is 4.79 Å². The highest BCUT2D eigenvalue weighted by molar-refractivity contribution is 8.00. The number of thioether (sulfide) groups is 1. The Kier molecular flexibility index (Phi) is 4.77. The molecule has 0 aliphatic rings. The third-order valence-electron chi connectivity index (χ3n) is 4.03. The summed E-state index contributed by atoms with van der Waals surface area (Å²) >= 11 is 7.49. The molecular formula is C19H15ClN4OS. The Hall–Kier alpha value is -2.57. The van der Waals surface area contributed by atoms with Crippen molar-refractivity contribution in [3.05, 3.63) is 65.4 Å². The molecule has 0 bridgehead atoms. The Morgan fingerprint density at radius 3 is 2.81 bits per heavy atom. The first-order chi connectivity index (χ1) is 12.7. The number of rotatable bonds is 5. The SMILES string of the molecule is O=C(CSc1ncnc2c1[nH]c1ccccc12)NCc1ccccc1Cl. The molecule has 1 amide bonds. The number of benzene rings is 2. The molecule has 4 aromatic rings. The second-order valence-electron chi connectivity index (χ2n) is 5.73. The van der Waals surface area contributed by atoms with E-state index in [2.05, 4.69) is 20.3 Å². The van der Waals surface area contributed by atoms with Crippen LogP contribution in [-0.2, 0) is 11.3 Å². The fourth-order valence-corrected chi connectivity index (χ4v) is 3.74. The minimum atomic E-state index is -0.0715. The van der Waals surface area contributed by atoms with Gasteiger partial charge in [0.2, 0.25) is 5.91 Å². The van der Waals surface area contributed by atoms with Gasteiger partial charge in [-0.2, -0.15) is 0 Å². The molecule has 0 unspecified atom stereocenters. The van der Waals surface area contributed by atoms with Gasteiger partial charge in [0.05, 0.1) is 11.3 Å². The van der Waals surface area contributed by atoms with E-state index in [1.807, 2.05) is 48.5 Å². The lowest BCUT2D eigenvalue weighted by Gasteiger charge is -2.07. The predicted molar refractivity (Wildman–Crippen MR) is 105 cm³/mol. The van der Waals surface area contributed by atoms with Crippen LogP contribution >= 0.6 is 23.4 Å². The van der Waals surface area contributed by atoms with E-state index in [1.165, 1.54) is 18.1 Å². The van der Waals surface area contributed by atoms with Gasteiger partial charge in [-0.25, -0.2) is 9.97 Å². The molecular weight excluding hydrogens is 368 g/mol. The van der Waals surface area contributed by atoms with Crippen LogP contribution in [0.4, 0.5) is 0 Å². The van der Waals surface area contributed by atoms with Gasteiger partial charge >= 0.3 is 0 Å². The van der Waals surface area contributed by atoms with Crippen molar-refractivity contribution in [3.63, 3.8) is 0 Å². The Morgan fingerprint density at radius 2 is 1.92 bits per heavy atom. The molecule has 0 saturated carbocycles. The monoisotopic (exact) mass is 382 g/mol. The summed E-state index contributed by atoms with van der Waals surface area (Å²) in [5.74, 6) is 0.198. The summed E-state index contributed by atoms with van der Waals surface area (Å²) in [6.45, 7) is 0.407. The van der Waals surface area contributed by atoms with Crippen LogP contribution in [0.1, 0.15) is 5.56 Å². The molecule has 130 valence electrons. The molecule has 0 spiro atoms. The van der Waals surface area contributed by atoms with Crippen LogP contribution in [0, 0.1) is 0 Å². The van der Waals surface area contributed by atoms with E-state index < -0.39 is 0 Å². The van der Waals surface area contributed by atoms with Gasteiger partial charge in [-0.3, -0.25) is 4.79 Å². The molecule has 0 radical (unpaired) electrons. The number of halogens is 1. The number of H-pyrrole nitrogens is 1. The van der Waals surface area contributed by atoms with Crippen molar-refractivity contribution in [2.24, 2.45) is 0 Å². The maximum atomic E-state index is 12.2. The number of fused-ring (bicyclic) bond motifs is 3. The fraction of sp³-hybridized carbons (Fsp3) is 0.105. The Labute approximate surface area is 159 Å². The molecule has 0 aliphatic heterocycles. The summed E-state index contributed by atoms with van der Waals surface area (Å²) < 4.78 is 0. The average molecular weight is 383 g/mol. The molecule has 2 aromatic carbocycles. The number of hydrogen-bond donors (Lipinski definition) is 2. The van der Waals surface area contributed by atoms with Gasteiger partial charge in [0.25, 0.3) is 0 Å². The first-order valence-corrected chi connectivity index (χ1v) is 9.43. The van der Waals surface area contributed by atoms with Crippen molar-refractivity contribution in [2.45, 2.75) is 11.6 Å². The number of nitrogens with zero attached hydrogens (tertiary/aromatic N) is 2.